The van der Waals surface area contributed by atoms with Crippen molar-refractivity contribution in [3.05, 3.63) is 60.2 Å². The third-order valence-electron chi connectivity index (χ3n) is 3.49. The maximum Gasteiger partial charge on any atom is 0.280 e. The molecule has 1 atom stereocenters. The van der Waals surface area contributed by atoms with Gasteiger partial charge in [0.05, 0.1) is 17.1 Å². The number of hydrogen-bond acceptors (Lipinski definition) is 4. The lowest BCUT2D eigenvalue weighted by Crippen LogP contribution is -2.29. The SMILES string of the molecule is CC1=NN(c2ccccc2)C(=O)C1N=Nc1ccccc1C. The normalized spacial score (nSPS) is 18.1. The summed E-state index contributed by atoms with van der Waals surface area (Å²) in [6.07, 6.45) is 0. The van der Waals surface area contributed by atoms with Gasteiger partial charge in [0.1, 0.15) is 0 Å². The topological polar surface area (TPSA) is 57.4 Å². The number of anilines is 1. The second-order valence-corrected chi connectivity index (χ2v) is 5.13. The van der Waals surface area contributed by atoms with Gasteiger partial charge in [0, 0.05) is 0 Å². The first-order chi connectivity index (χ1) is 10.7. The van der Waals surface area contributed by atoms with Gasteiger partial charge in [-0.1, -0.05) is 36.4 Å². The van der Waals surface area contributed by atoms with Gasteiger partial charge in [0.15, 0.2) is 6.04 Å². The van der Waals surface area contributed by atoms with Crippen LogP contribution < -0.4 is 5.01 Å². The number of hydrazone groups is 1. The van der Waals surface area contributed by atoms with Gasteiger partial charge >= 0.3 is 0 Å². The number of benzene rings is 2. The van der Waals surface area contributed by atoms with Gasteiger partial charge in [-0.15, -0.1) is 0 Å². The van der Waals surface area contributed by atoms with Crippen LogP contribution in [0.15, 0.2) is 69.9 Å². The monoisotopic (exact) mass is 292 g/mol. The molecule has 5 nitrogen and oxygen atoms in total. The predicted octanol–water partition coefficient (Wildman–Crippen LogP) is 3.87. The summed E-state index contributed by atoms with van der Waals surface area (Å²) >= 11 is 0. The van der Waals surface area contributed by atoms with Crippen LogP contribution in [0.2, 0.25) is 0 Å². The Hall–Kier alpha value is -2.82. The van der Waals surface area contributed by atoms with Crippen LogP contribution in [0.3, 0.4) is 0 Å². The van der Waals surface area contributed by atoms with Crippen molar-refractivity contribution >= 4 is 23.0 Å². The number of aryl methyl sites for hydroxylation is 1. The van der Waals surface area contributed by atoms with E-state index in [4.69, 9.17) is 0 Å². The van der Waals surface area contributed by atoms with Crippen molar-refractivity contribution in [3.8, 4) is 0 Å². The first kappa shape index (κ1) is 14.1. The number of para-hydroxylation sites is 1. The zero-order chi connectivity index (χ0) is 15.5. The molecule has 0 radical (unpaired) electrons. The lowest BCUT2D eigenvalue weighted by atomic mass is 10.2. The van der Waals surface area contributed by atoms with E-state index >= 15 is 0 Å². The third-order valence-corrected chi connectivity index (χ3v) is 3.49. The van der Waals surface area contributed by atoms with Gasteiger partial charge in [-0.3, -0.25) is 4.79 Å². The minimum Gasteiger partial charge on any atom is -0.269 e. The minimum absolute atomic E-state index is 0.180. The highest BCUT2D eigenvalue weighted by Crippen LogP contribution is 2.24. The van der Waals surface area contributed by atoms with Crippen molar-refractivity contribution in [1.82, 2.24) is 0 Å². The molecule has 0 bridgehead atoms. The molecule has 0 fully saturated rings. The molecule has 5 heteroatoms. The highest BCUT2D eigenvalue weighted by molar-refractivity contribution is 6.18. The fourth-order valence-electron chi connectivity index (χ4n) is 2.24. The van der Waals surface area contributed by atoms with E-state index in [1.165, 1.54) is 5.01 Å². The molecule has 3 rings (SSSR count). The molecular formula is C17H16N4O. The van der Waals surface area contributed by atoms with E-state index in [0.717, 1.165) is 16.9 Å². The molecule has 1 unspecified atom stereocenters. The van der Waals surface area contributed by atoms with Gasteiger partial charge in [-0.05, 0) is 37.6 Å². The molecule has 0 saturated carbocycles. The zero-order valence-corrected chi connectivity index (χ0v) is 12.5. The Kier molecular flexibility index (Phi) is 3.78. The van der Waals surface area contributed by atoms with E-state index in [2.05, 4.69) is 15.3 Å². The van der Waals surface area contributed by atoms with E-state index < -0.39 is 6.04 Å². The number of rotatable bonds is 3. The van der Waals surface area contributed by atoms with Crippen molar-refractivity contribution in [2.24, 2.45) is 15.3 Å². The Morgan fingerprint density at radius 1 is 1.00 bits per heavy atom. The summed E-state index contributed by atoms with van der Waals surface area (Å²) in [5, 5.41) is 14.1. The fraction of sp³-hybridized carbons (Fsp3) is 0.176. The van der Waals surface area contributed by atoms with E-state index in [1.807, 2.05) is 61.5 Å². The van der Waals surface area contributed by atoms with Crippen LogP contribution in [0.1, 0.15) is 12.5 Å². The maximum absolute atomic E-state index is 12.5. The summed E-state index contributed by atoms with van der Waals surface area (Å²) in [5.41, 5.74) is 3.17. The lowest BCUT2D eigenvalue weighted by molar-refractivity contribution is -0.117. The van der Waals surface area contributed by atoms with Gasteiger partial charge in [-0.25, -0.2) is 0 Å². The van der Waals surface area contributed by atoms with Crippen LogP contribution in [0.4, 0.5) is 11.4 Å². The van der Waals surface area contributed by atoms with Crippen LogP contribution >= 0.6 is 0 Å². The Morgan fingerprint density at radius 2 is 1.68 bits per heavy atom. The molecule has 2 aromatic carbocycles. The summed E-state index contributed by atoms with van der Waals surface area (Å²) in [6.45, 7) is 3.75. The molecule has 1 aliphatic rings. The van der Waals surface area contributed by atoms with Gasteiger partial charge in [0.25, 0.3) is 5.91 Å². The molecule has 0 saturated heterocycles. The molecular weight excluding hydrogens is 276 g/mol. The summed E-state index contributed by atoms with van der Waals surface area (Å²) < 4.78 is 0. The van der Waals surface area contributed by atoms with Crippen LogP contribution in [0.25, 0.3) is 0 Å². The first-order valence-corrected chi connectivity index (χ1v) is 7.07. The van der Waals surface area contributed by atoms with Crippen molar-refractivity contribution in [2.75, 3.05) is 5.01 Å². The molecule has 2 aromatic rings. The highest BCUT2D eigenvalue weighted by atomic mass is 16.2. The maximum atomic E-state index is 12.5. The highest BCUT2D eigenvalue weighted by Gasteiger charge is 2.34. The first-order valence-electron chi connectivity index (χ1n) is 7.07. The molecule has 1 amide bonds. The molecule has 1 aliphatic heterocycles. The molecule has 0 N–H and O–H groups in total. The predicted molar refractivity (Wildman–Crippen MR) is 86.5 cm³/mol. The molecule has 0 spiro atoms. The second kappa shape index (κ2) is 5.89. The Bertz CT molecular complexity index is 752. The van der Waals surface area contributed by atoms with E-state index in [0.29, 0.717) is 5.71 Å². The molecule has 0 aromatic heterocycles. The number of carbonyl (C=O) groups excluding carboxylic acids is 1. The summed E-state index contributed by atoms with van der Waals surface area (Å²) in [6, 6.07) is 16.3. The zero-order valence-electron chi connectivity index (χ0n) is 12.5. The average Bonchev–Trinajstić information content (AvgIpc) is 2.82. The van der Waals surface area contributed by atoms with Gasteiger partial charge < -0.3 is 0 Å². The number of azo groups is 1. The van der Waals surface area contributed by atoms with Crippen LogP contribution in [-0.2, 0) is 4.79 Å². The van der Waals surface area contributed by atoms with E-state index in [1.54, 1.807) is 6.92 Å². The smallest absolute Gasteiger partial charge is 0.269 e. The van der Waals surface area contributed by atoms with Crippen LogP contribution in [-0.4, -0.2) is 17.7 Å². The van der Waals surface area contributed by atoms with Gasteiger partial charge in [0.2, 0.25) is 0 Å². The fourth-order valence-corrected chi connectivity index (χ4v) is 2.24. The standard InChI is InChI=1S/C17H16N4O/c1-12-8-6-7-11-15(12)18-19-16-13(2)20-21(17(16)22)14-9-4-3-5-10-14/h3-11,16H,1-2H3. The lowest BCUT2D eigenvalue weighted by Gasteiger charge is -2.11. The average molecular weight is 292 g/mol. The van der Waals surface area contributed by atoms with E-state index in [-0.39, 0.29) is 5.91 Å². The van der Waals surface area contributed by atoms with Crippen molar-refractivity contribution < 1.29 is 4.79 Å². The van der Waals surface area contributed by atoms with Crippen LogP contribution in [0, 0.1) is 6.92 Å². The largest absolute Gasteiger partial charge is 0.280 e. The van der Waals surface area contributed by atoms with Crippen molar-refractivity contribution in [1.29, 1.82) is 0 Å². The Balaban J connectivity index is 1.83. The number of hydrogen-bond donors (Lipinski definition) is 0. The molecule has 110 valence electrons. The Morgan fingerprint density at radius 3 is 2.41 bits per heavy atom. The van der Waals surface area contributed by atoms with Crippen LogP contribution in [0.5, 0.6) is 0 Å². The number of nitrogens with zero attached hydrogens (tertiary/aromatic N) is 4. The van der Waals surface area contributed by atoms with Crippen molar-refractivity contribution in [3.63, 3.8) is 0 Å². The minimum atomic E-state index is -0.653. The molecule has 22 heavy (non-hydrogen) atoms. The molecule has 1 heterocycles. The van der Waals surface area contributed by atoms with Crippen molar-refractivity contribution in [2.45, 2.75) is 19.9 Å². The molecule has 0 aliphatic carbocycles. The Labute approximate surface area is 129 Å². The second-order valence-electron chi connectivity index (χ2n) is 5.13. The number of amides is 1. The number of carbonyl (C=O) groups is 1. The third kappa shape index (κ3) is 2.65. The quantitative estimate of drug-likeness (QED) is 0.792. The van der Waals surface area contributed by atoms with E-state index in [9.17, 15) is 4.79 Å². The summed E-state index contributed by atoms with van der Waals surface area (Å²) in [7, 11) is 0. The summed E-state index contributed by atoms with van der Waals surface area (Å²) in [4.78, 5) is 12.5. The van der Waals surface area contributed by atoms with Gasteiger partial charge in [-0.2, -0.15) is 20.3 Å². The summed E-state index contributed by atoms with van der Waals surface area (Å²) in [5.74, 6) is -0.180.